The van der Waals surface area contributed by atoms with Gasteiger partial charge in [0.25, 0.3) is 0 Å². The van der Waals surface area contributed by atoms with Crippen LogP contribution in [-0.2, 0) is 15.1 Å². The van der Waals surface area contributed by atoms with Gasteiger partial charge in [0.1, 0.15) is 0 Å². The smallest absolute Gasteiger partial charge is 0.411 e. The van der Waals surface area contributed by atoms with Crippen molar-refractivity contribution in [1.82, 2.24) is 15.2 Å². The summed E-state index contributed by atoms with van der Waals surface area (Å²) in [4.78, 5) is 35.3. The van der Waals surface area contributed by atoms with E-state index in [2.05, 4.69) is 15.6 Å². The Balaban J connectivity index is 1.70. The zero-order valence-corrected chi connectivity index (χ0v) is 19.2. The molecule has 2 aliphatic rings. The lowest BCUT2D eigenvalue weighted by Gasteiger charge is -2.41. The van der Waals surface area contributed by atoms with Gasteiger partial charge in [0, 0.05) is 30.5 Å². The third-order valence-electron chi connectivity index (χ3n) is 5.89. The number of anilines is 2. The minimum absolute atomic E-state index is 0.0188. The second-order valence-corrected chi connectivity index (χ2v) is 8.78. The fourth-order valence-corrected chi connectivity index (χ4v) is 4.60. The van der Waals surface area contributed by atoms with Gasteiger partial charge in [0.15, 0.2) is 0 Å². The highest BCUT2D eigenvalue weighted by atomic mass is 35.5. The predicted molar refractivity (Wildman–Crippen MR) is 125 cm³/mol. The monoisotopic (exact) mass is 471 g/mol. The fraction of sp³-hybridized carbons (Fsp3) is 0.391. The lowest BCUT2D eigenvalue weighted by atomic mass is 9.86. The first-order valence-electron chi connectivity index (χ1n) is 10.7. The summed E-state index contributed by atoms with van der Waals surface area (Å²) in [6.45, 7) is 4.72. The number of carbonyl (C=O) groups is 2. The van der Waals surface area contributed by atoms with E-state index >= 15 is 0 Å². The van der Waals surface area contributed by atoms with Crippen LogP contribution >= 0.6 is 11.6 Å². The summed E-state index contributed by atoms with van der Waals surface area (Å²) in [7, 11) is 0. The molecular formula is C23H26ClN5O4. The Bertz CT molecular complexity index is 1080. The van der Waals surface area contributed by atoms with Crippen LogP contribution in [0.2, 0.25) is 5.02 Å². The molecule has 0 radical (unpaired) electrons. The number of carbonyl (C=O) groups excluding carboxylic acids is 1. The minimum Gasteiger partial charge on any atom is -0.465 e. The second-order valence-electron chi connectivity index (χ2n) is 8.40. The van der Waals surface area contributed by atoms with Gasteiger partial charge in [-0.2, -0.15) is 0 Å². The van der Waals surface area contributed by atoms with E-state index in [1.807, 2.05) is 31.2 Å². The lowest BCUT2D eigenvalue weighted by molar-refractivity contribution is -0.132. The number of amides is 2. The molecule has 0 spiro atoms. The van der Waals surface area contributed by atoms with Crippen molar-refractivity contribution in [3.63, 3.8) is 0 Å². The number of aliphatic imine (C=N–C) groups is 1. The molecule has 0 saturated carbocycles. The molecule has 3 N–H and O–H groups in total. The Morgan fingerprint density at radius 3 is 2.70 bits per heavy atom. The number of nitrogens with one attached hydrogen (secondary N) is 2. The van der Waals surface area contributed by atoms with Gasteiger partial charge in [-0.05, 0) is 44.9 Å². The zero-order chi connectivity index (χ0) is 23.6. The number of pyridine rings is 1. The van der Waals surface area contributed by atoms with Crippen LogP contribution in [0.4, 0.5) is 16.2 Å². The molecule has 10 heteroatoms. The predicted octanol–water partition coefficient (Wildman–Crippen LogP) is 4.04. The summed E-state index contributed by atoms with van der Waals surface area (Å²) in [6.07, 6.45) is 1.73. The number of carboxylic acid groups (broad SMARTS) is 1. The third-order valence-corrected chi connectivity index (χ3v) is 6.30. The Morgan fingerprint density at radius 1 is 1.27 bits per heavy atom. The molecule has 3 heterocycles. The number of aryl methyl sites for hydroxylation is 1. The number of guanidine groups is 1. The number of benzene rings is 1. The SMILES string of the molecule is Cc1ccc(Nc2cccc([C@]3(C)CC(=O)N(C4CCOCC4)C(NC(=O)O)=N3)c2Cl)cn1. The number of rotatable bonds is 4. The topological polar surface area (TPSA) is 116 Å². The molecule has 0 bridgehead atoms. The molecule has 2 amide bonds. The number of ether oxygens (including phenoxy) is 1. The van der Waals surface area contributed by atoms with Crippen LogP contribution in [0.3, 0.4) is 0 Å². The number of aromatic nitrogens is 1. The van der Waals surface area contributed by atoms with Gasteiger partial charge in [0.05, 0.1) is 34.6 Å². The van der Waals surface area contributed by atoms with Crippen LogP contribution in [-0.4, -0.2) is 52.2 Å². The molecule has 1 aromatic heterocycles. The van der Waals surface area contributed by atoms with Crippen molar-refractivity contribution in [1.29, 1.82) is 0 Å². The quantitative estimate of drug-likeness (QED) is 0.619. The molecule has 2 aliphatic heterocycles. The van der Waals surface area contributed by atoms with Gasteiger partial charge in [0.2, 0.25) is 11.9 Å². The van der Waals surface area contributed by atoms with Crippen molar-refractivity contribution >= 4 is 40.9 Å². The number of nitrogens with zero attached hydrogens (tertiary/aromatic N) is 3. The van der Waals surface area contributed by atoms with Crippen molar-refractivity contribution in [2.45, 2.75) is 44.7 Å². The van der Waals surface area contributed by atoms with Crippen molar-refractivity contribution in [3.05, 3.63) is 52.8 Å². The minimum atomic E-state index is -1.28. The molecular weight excluding hydrogens is 446 g/mol. The maximum absolute atomic E-state index is 13.3. The van der Waals surface area contributed by atoms with Gasteiger partial charge < -0.3 is 15.2 Å². The molecule has 33 heavy (non-hydrogen) atoms. The highest BCUT2D eigenvalue weighted by Gasteiger charge is 2.43. The van der Waals surface area contributed by atoms with E-state index in [-0.39, 0.29) is 24.3 Å². The van der Waals surface area contributed by atoms with Crippen molar-refractivity contribution in [3.8, 4) is 0 Å². The highest BCUT2D eigenvalue weighted by Crippen LogP contribution is 2.41. The summed E-state index contributed by atoms with van der Waals surface area (Å²) in [5.74, 6) is -0.189. The Kier molecular flexibility index (Phi) is 6.53. The molecule has 1 fully saturated rings. The summed E-state index contributed by atoms with van der Waals surface area (Å²) in [5, 5.41) is 15.4. The average molecular weight is 472 g/mol. The number of hydrogen-bond acceptors (Lipinski definition) is 6. The molecule has 4 rings (SSSR count). The Morgan fingerprint density at radius 2 is 2.03 bits per heavy atom. The van der Waals surface area contributed by atoms with Crippen LogP contribution in [0, 0.1) is 6.92 Å². The maximum Gasteiger partial charge on any atom is 0.411 e. The van der Waals surface area contributed by atoms with E-state index in [1.54, 1.807) is 19.2 Å². The standard InChI is InChI=1S/C23H26ClN5O4/c1-14-6-7-15(13-25-14)26-18-5-3-4-17(20(18)24)23(2)12-19(30)29(16-8-10-33-11-9-16)21(28-23)27-22(31)32/h3-7,13,16,26H,8-12H2,1-2H3,(H,27,28)(H,31,32)/t23-/m0/s1. The molecule has 0 aliphatic carbocycles. The number of halogens is 1. The van der Waals surface area contributed by atoms with E-state index in [0.29, 0.717) is 42.3 Å². The summed E-state index contributed by atoms with van der Waals surface area (Å²) in [6, 6.07) is 9.08. The van der Waals surface area contributed by atoms with Gasteiger partial charge in [-0.25, -0.2) is 9.79 Å². The van der Waals surface area contributed by atoms with Crippen LogP contribution in [0.1, 0.15) is 37.4 Å². The molecule has 0 unspecified atom stereocenters. The number of hydrogen-bond donors (Lipinski definition) is 3. The summed E-state index contributed by atoms with van der Waals surface area (Å²) in [5.41, 5.74) is 1.89. The Hall–Kier alpha value is -3.17. The first-order chi connectivity index (χ1) is 15.8. The van der Waals surface area contributed by atoms with E-state index in [1.165, 1.54) is 4.90 Å². The third kappa shape index (κ3) is 4.94. The highest BCUT2D eigenvalue weighted by molar-refractivity contribution is 6.34. The van der Waals surface area contributed by atoms with Gasteiger partial charge in [-0.3, -0.25) is 20.0 Å². The maximum atomic E-state index is 13.3. The van der Waals surface area contributed by atoms with Crippen molar-refractivity contribution in [2.24, 2.45) is 4.99 Å². The van der Waals surface area contributed by atoms with Crippen LogP contribution in [0.25, 0.3) is 0 Å². The van der Waals surface area contributed by atoms with Crippen molar-refractivity contribution < 1.29 is 19.4 Å². The van der Waals surface area contributed by atoms with Gasteiger partial charge in [-0.15, -0.1) is 0 Å². The molecule has 174 valence electrons. The first-order valence-corrected chi connectivity index (χ1v) is 11.1. The summed E-state index contributed by atoms with van der Waals surface area (Å²) >= 11 is 6.77. The fourth-order valence-electron chi connectivity index (χ4n) is 4.23. The normalized spacial score (nSPS) is 21.5. The van der Waals surface area contributed by atoms with Crippen LogP contribution in [0.5, 0.6) is 0 Å². The van der Waals surface area contributed by atoms with E-state index in [0.717, 1.165) is 11.4 Å². The Labute approximate surface area is 196 Å². The first kappa shape index (κ1) is 23.0. The molecule has 1 aromatic carbocycles. The van der Waals surface area contributed by atoms with Gasteiger partial charge in [-0.1, -0.05) is 23.7 Å². The molecule has 2 aromatic rings. The second kappa shape index (κ2) is 9.36. The molecule has 9 nitrogen and oxygen atoms in total. The molecule has 1 atom stereocenters. The van der Waals surface area contributed by atoms with Crippen LogP contribution in [0.15, 0.2) is 41.5 Å². The van der Waals surface area contributed by atoms with E-state index < -0.39 is 11.6 Å². The van der Waals surface area contributed by atoms with Crippen molar-refractivity contribution in [2.75, 3.05) is 18.5 Å². The molecule has 1 saturated heterocycles. The average Bonchev–Trinajstić information content (AvgIpc) is 2.76. The van der Waals surface area contributed by atoms with E-state index in [4.69, 9.17) is 21.3 Å². The largest absolute Gasteiger partial charge is 0.465 e. The summed E-state index contributed by atoms with van der Waals surface area (Å²) < 4.78 is 5.39. The van der Waals surface area contributed by atoms with Gasteiger partial charge >= 0.3 is 6.09 Å². The van der Waals surface area contributed by atoms with Crippen LogP contribution < -0.4 is 10.6 Å². The van der Waals surface area contributed by atoms with E-state index in [9.17, 15) is 14.7 Å². The zero-order valence-electron chi connectivity index (χ0n) is 18.5. The lowest BCUT2D eigenvalue weighted by Crippen LogP contribution is -2.57.